The normalized spacial score (nSPS) is 14.0. The van der Waals surface area contributed by atoms with Crippen LogP contribution in [0.4, 0.5) is 5.69 Å². The molecule has 1 heterocycles. The third kappa shape index (κ3) is 6.09. The second-order valence-electron chi connectivity index (χ2n) is 6.95. The summed E-state index contributed by atoms with van der Waals surface area (Å²) in [7, 11) is 0. The number of para-hydroxylation sites is 1. The molecule has 2 aromatic carbocycles. The van der Waals surface area contributed by atoms with Crippen molar-refractivity contribution < 1.29 is 19.1 Å². The van der Waals surface area contributed by atoms with E-state index in [2.05, 4.69) is 17.0 Å². The van der Waals surface area contributed by atoms with E-state index in [1.807, 2.05) is 24.3 Å². The SMILES string of the molecule is CCOC(=O)COc1ccc(/C=C(/C#N)C(=O)N2CCN(c3ccccc3)CC2)cc1. The quantitative estimate of drug-likeness (QED) is 0.390. The van der Waals surface area contributed by atoms with E-state index in [1.165, 1.54) is 0 Å². The average Bonchev–Trinajstić information content (AvgIpc) is 2.82. The molecule has 0 radical (unpaired) electrons. The molecule has 1 aliphatic heterocycles. The van der Waals surface area contributed by atoms with Gasteiger partial charge in [-0.15, -0.1) is 0 Å². The van der Waals surface area contributed by atoms with Gasteiger partial charge in [-0.25, -0.2) is 4.79 Å². The van der Waals surface area contributed by atoms with Crippen LogP contribution >= 0.6 is 0 Å². The fourth-order valence-electron chi connectivity index (χ4n) is 3.29. The Bertz CT molecular complexity index is 957. The molecule has 0 atom stereocenters. The zero-order valence-corrected chi connectivity index (χ0v) is 17.5. The van der Waals surface area contributed by atoms with Crippen molar-refractivity contribution in [2.24, 2.45) is 0 Å². The van der Waals surface area contributed by atoms with E-state index in [0.717, 1.165) is 18.8 Å². The minimum Gasteiger partial charge on any atom is -0.482 e. The number of nitrogens with zero attached hydrogens (tertiary/aromatic N) is 3. The lowest BCUT2D eigenvalue weighted by Gasteiger charge is -2.36. The maximum Gasteiger partial charge on any atom is 0.344 e. The lowest BCUT2D eigenvalue weighted by molar-refractivity contribution is -0.145. The molecular weight excluding hydrogens is 394 g/mol. The molecule has 160 valence electrons. The predicted octanol–water partition coefficient (Wildman–Crippen LogP) is 2.88. The van der Waals surface area contributed by atoms with E-state index in [9.17, 15) is 14.9 Å². The maximum atomic E-state index is 12.8. The number of carbonyl (C=O) groups is 2. The van der Waals surface area contributed by atoms with Crippen molar-refractivity contribution in [3.63, 3.8) is 0 Å². The Labute approximate surface area is 182 Å². The summed E-state index contributed by atoms with van der Waals surface area (Å²) in [4.78, 5) is 28.1. The number of nitriles is 1. The molecule has 0 spiro atoms. The monoisotopic (exact) mass is 419 g/mol. The van der Waals surface area contributed by atoms with Crippen molar-refractivity contribution in [1.29, 1.82) is 5.26 Å². The second-order valence-corrected chi connectivity index (χ2v) is 6.95. The molecule has 7 heteroatoms. The van der Waals surface area contributed by atoms with Gasteiger partial charge in [0.25, 0.3) is 5.91 Å². The molecular formula is C24H25N3O4. The third-order valence-corrected chi connectivity index (χ3v) is 4.89. The van der Waals surface area contributed by atoms with Gasteiger partial charge in [0.05, 0.1) is 6.61 Å². The average molecular weight is 419 g/mol. The van der Waals surface area contributed by atoms with Crippen LogP contribution in [0, 0.1) is 11.3 Å². The number of amides is 1. The number of ether oxygens (including phenoxy) is 2. The topological polar surface area (TPSA) is 82.9 Å². The first-order valence-corrected chi connectivity index (χ1v) is 10.2. The second kappa shape index (κ2) is 10.8. The first-order chi connectivity index (χ1) is 15.1. The first-order valence-electron chi connectivity index (χ1n) is 10.2. The number of carbonyl (C=O) groups excluding carboxylic acids is 2. The van der Waals surface area contributed by atoms with Gasteiger partial charge in [0, 0.05) is 31.9 Å². The molecule has 3 rings (SSSR count). The Balaban J connectivity index is 1.58. The van der Waals surface area contributed by atoms with Crippen LogP contribution in [0.15, 0.2) is 60.2 Å². The summed E-state index contributed by atoms with van der Waals surface area (Å²) in [6, 6.07) is 18.9. The van der Waals surface area contributed by atoms with Gasteiger partial charge in [0.15, 0.2) is 6.61 Å². The highest BCUT2D eigenvalue weighted by molar-refractivity contribution is 6.01. The van der Waals surface area contributed by atoms with Crippen molar-refractivity contribution in [3.05, 3.63) is 65.7 Å². The van der Waals surface area contributed by atoms with E-state index in [0.29, 0.717) is 31.0 Å². The molecule has 1 fully saturated rings. The highest BCUT2D eigenvalue weighted by Crippen LogP contribution is 2.18. The molecule has 1 saturated heterocycles. The van der Waals surface area contributed by atoms with Gasteiger partial charge in [-0.05, 0) is 42.8 Å². The van der Waals surface area contributed by atoms with Crippen molar-refractivity contribution >= 4 is 23.6 Å². The largest absolute Gasteiger partial charge is 0.482 e. The molecule has 31 heavy (non-hydrogen) atoms. The molecule has 0 bridgehead atoms. The summed E-state index contributed by atoms with van der Waals surface area (Å²) >= 11 is 0. The third-order valence-electron chi connectivity index (χ3n) is 4.89. The number of hydrogen-bond donors (Lipinski definition) is 0. The Morgan fingerprint density at radius 1 is 1.03 bits per heavy atom. The lowest BCUT2D eigenvalue weighted by atomic mass is 10.1. The number of esters is 1. The highest BCUT2D eigenvalue weighted by atomic mass is 16.6. The number of benzene rings is 2. The maximum absolute atomic E-state index is 12.8. The molecule has 0 aliphatic carbocycles. The van der Waals surface area contributed by atoms with Gasteiger partial charge in [-0.2, -0.15) is 5.26 Å². The Morgan fingerprint density at radius 2 is 1.71 bits per heavy atom. The van der Waals surface area contributed by atoms with Crippen LogP contribution in [-0.2, 0) is 14.3 Å². The molecule has 0 saturated carbocycles. The molecule has 1 amide bonds. The summed E-state index contributed by atoms with van der Waals surface area (Å²) in [6.07, 6.45) is 1.57. The van der Waals surface area contributed by atoms with Gasteiger partial charge in [-0.3, -0.25) is 4.79 Å². The lowest BCUT2D eigenvalue weighted by Crippen LogP contribution is -2.49. The van der Waals surface area contributed by atoms with Crippen molar-refractivity contribution in [2.75, 3.05) is 44.3 Å². The fraction of sp³-hybridized carbons (Fsp3) is 0.292. The van der Waals surface area contributed by atoms with E-state index in [4.69, 9.17) is 9.47 Å². The van der Waals surface area contributed by atoms with Crippen molar-refractivity contribution in [3.8, 4) is 11.8 Å². The van der Waals surface area contributed by atoms with Crippen molar-refractivity contribution in [1.82, 2.24) is 4.90 Å². The minimum absolute atomic E-state index is 0.0911. The van der Waals surface area contributed by atoms with Gasteiger partial charge in [0.2, 0.25) is 0 Å². The highest BCUT2D eigenvalue weighted by Gasteiger charge is 2.23. The fourth-order valence-corrected chi connectivity index (χ4v) is 3.29. The Morgan fingerprint density at radius 3 is 2.32 bits per heavy atom. The van der Waals surface area contributed by atoms with Crippen LogP contribution in [0.25, 0.3) is 6.08 Å². The van der Waals surface area contributed by atoms with E-state index in [1.54, 1.807) is 42.2 Å². The van der Waals surface area contributed by atoms with Gasteiger partial charge in [-0.1, -0.05) is 30.3 Å². The Hall–Kier alpha value is -3.79. The predicted molar refractivity (Wildman–Crippen MR) is 117 cm³/mol. The van der Waals surface area contributed by atoms with Crippen LogP contribution in [0.3, 0.4) is 0 Å². The van der Waals surface area contributed by atoms with Gasteiger partial charge in [0.1, 0.15) is 17.4 Å². The zero-order chi connectivity index (χ0) is 22.1. The summed E-state index contributed by atoms with van der Waals surface area (Å²) in [6.45, 7) is 4.44. The summed E-state index contributed by atoms with van der Waals surface area (Å²) in [5.74, 6) is -0.193. The van der Waals surface area contributed by atoms with Crippen LogP contribution < -0.4 is 9.64 Å². The Kier molecular flexibility index (Phi) is 7.66. The summed E-state index contributed by atoms with van der Waals surface area (Å²) in [5.41, 5.74) is 1.93. The van der Waals surface area contributed by atoms with E-state index in [-0.39, 0.29) is 18.1 Å². The number of rotatable bonds is 7. The molecule has 0 unspecified atom stereocenters. The standard InChI is InChI=1S/C24H25N3O4/c1-2-30-23(28)18-31-22-10-8-19(9-11-22)16-20(17-25)24(29)27-14-12-26(13-15-27)21-6-4-3-5-7-21/h3-11,16H,2,12-15,18H2,1H3/b20-16-. The van der Waals surface area contributed by atoms with Crippen LogP contribution in [-0.4, -0.2) is 56.2 Å². The van der Waals surface area contributed by atoms with E-state index < -0.39 is 5.97 Å². The van der Waals surface area contributed by atoms with Crippen LogP contribution in [0.2, 0.25) is 0 Å². The molecule has 7 nitrogen and oxygen atoms in total. The van der Waals surface area contributed by atoms with Gasteiger partial charge >= 0.3 is 5.97 Å². The number of hydrogen-bond acceptors (Lipinski definition) is 6. The van der Waals surface area contributed by atoms with E-state index >= 15 is 0 Å². The molecule has 0 aromatic heterocycles. The molecule has 0 N–H and O–H groups in total. The van der Waals surface area contributed by atoms with Crippen LogP contribution in [0.5, 0.6) is 5.75 Å². The first kappa shape index (κ1) is 21.9. The zero-order valence-electron chi connectivity index (χ0n) is 17.5. The van der Waals surface area contributed by atoms with Crippen molar-refractivity contribution in [2.45, 2.75) is 6.92 Å². The number of piperazine rings is 1. The minimum atomic E-state index is -0.434. The van der Waals surface area contributed by atoms with Crippen LogP contribution in [0.1, 0.15) is 12.5 Å². The summed E-state index contributed by atoms with van der Waals surface area (Å²) < 4.78 is 10.2. The number of anilines is 1. The summed E-state index contributed by atoms with van der Waals surface area (Å²) in [5, 5.41) is 9.52. The smallest absolute Gasteiger partial charge is 0.344 e. The van der Waals surface area contributed by atoms with Gasteiger partial charge < -0.3 is 19.3 Å². The molecule has 2 aromatic rings. The molecule has 1 aliphatic rings.